The summed E-state index contributed by atoms with van der Waals surface area (Å²) in [6.07, 6.45) is 0. The highest BCUT2D eigenvalue weighted by Gasteiger charge is 2.24. The molecule has 0 aliphatic carbocycles. The molecule has 0 spiro atoms. The van der Waals surface area contributed by atoms with Gasteiger partial charge in [-0.15, -0.1) is 0 Å². The predicted octanol–water partition coefficient (Wildman–Crippen LogP) is 19.0. The monoisotopic (exact) mass is 909 g/mol. The van der Waals surface area contributed by atoms with E-state index in [-0.39, 0.29) is 0 Å². The zero-order valence-electron chi connectivity index (χ0n) is 39.0. The Kier molecular flexibility index (Phi) is 8.43. The lowest BCUT2D eigenvalue weighted by molar-refractivity contribution is 0.668. The van der Waals surface area contributed by atoms with Crippen molar-refractivity contribution in [1.82, 2.24) is 4.40 Å². The smallest absolute Gasteiger partial charge is 0.137 e. The van der Waals surface area contributed by atoms with Crippen LogP contribution in [0, 0.1) is 13.8 Å². The summed E-state index contributed by atoms with van der Waals surface area (Å²) in [5, 5.41) is 11.8. The van der Waals surface area contributed by atoms with Crippen LogP contribution < -0.4 is 9.80 Å². The largest absolute Gasteiger partial charge is 0.456 e. The zero-order chi connectivity index (χ0) is 46.9. The number of anilines is 6. The van der Waals surface area contributed by atoms with E-state index in [9.17, 15) is 0 Å². The average Bonchev–Trinajstić information content (AvgIpc) is 4.16. The number of aryl methyl sites for hydroxylation is 2. The average molecular weight is 910 g/mol. The van der Waals surface area contributed by atoms with Crippen LogP contribution in [0.4, 0.5) is 34.1 Å². The van der Waals surface area contributed by atoms with Gasteiger partial charge in [0.1, 0.15) is 22.3 Å². The summed E-state index contributed by atoms with van der Waals surface area (Å²) in [5.74, 6) is 0. The molecule has 0 N–H and O–H groups in total. The Hall–Kier alpha value is -9.32. The molecule has 0 saturated heterocycles. The topological polar surface area (TPSA) is 37.2 Å². The minimum atomic E-state index is 0.865. The molecule has 5 heteroatoms. The van der Waals surface area contributed by atoms with Gasteiger partial charge in [0, 0.05) is 89.3 Å². The lowest BCUT2D eigenvalue weighted by Gasteiger charge is -2.26. The third kappa shape index (κ3) is 6.06. The van der Waals surface area contributed by atoms with Gasteiger partial charge >= 0.3 is 0 Å². The number of benzene rings is 11. The van der Waals surface area contributed by atoms with Crippen molar-refractivity contribution in [3.63, 3.8) is 0 Å². The zero-order valence-corrected chi connectivity index (χ0v) is 39.0. The van der Waals surface area contributed by atoms with Crippen LogP contribution in [-0.4, -0.2) is 4.40 Å². The van der Waals surface area contributed by atoms with E-state index in [1.54, 1.807) is 0 Å². The molecule has 0 fully saturated rings. The molecule has 71 heavy (non-hydrogen) atoms. The van der Waals surface area contributed by atoms with Gasteiger partial charge in [0.15, 0.2) is 0 Å². The highest BCUT2D eigenvalue weighted by molar-refractivity contribution is 6.32. The lowest BCUT2D eigenvalue weighted by Crippen LogP contribution is -2.10. The first-order chi connectivity index (χ1) is 35.0. The van der Waals surface area contributed by atoms with E-state index < -0.39 is 0 Å². The van der Waals surface area contributed by atoms with Crippen molar-refractivity contribution >= 4 is 127 Å². The molecule has 0 unspecified atom stereocenters. The highest BCUT2D eigenvalue weighted by atomic mass is 16.3. The second-order valence-corrected chi connectivity index (χ2v) is 19.1. The van der Waals surface area contributed by atoms with E-state index >= 15 is 0 Å². The summed E-state index contributed by atoms with van der Waals surface area (Å²) < 4.78 is 15.5. The number of para-hydroxylation sites is 2. The predicted molar refractivity (Wildman–Crippen MR) is 297 cm³/mol. The van der Waals surface area contributed by atoms with E-state index in [0.717, 1.165) is 83.5 Å². The molecule has 0 bridgehead atoms. The van der Waals surface area contributed by atoms with Crippen molar-refractivity contribution < 1.29 is 8.83 Å². The second-order valence-electron chi connectivity index (χ2n) is 19.1. The Morgan fingerprint density at radius 2 is 0.817 bits per heavy atom. The Morgan fingerprint density at radius 1 is 0.310 bits per heavy atom. The van der Waals surface area contributed by atoms with Gasteiger partial charge in [-0.2, -0.15) is 0 Å². The number of rotatable bonds is 7. The molecule has 11 aromatic carbocycles. The second kappa shape index (κ2) is 15.1. The maximum absolute atomic E-state index is 6.48. The molecule has 5 nitrogen and oxygen atoms in total. The van der Waals surface area contributed by atoms with Crippen LogP contribution in [0.1, 0.15) is 11.1 Å². The first kappa shape index (κ1) is 39.7. The van der Waals surface area contributed by atoms with Crippen molar-refractivity contribution in [2.75, 3.05) is 9.80 Å². The first-order valence-corrected chi connectivity index (χ1v) is 24.3. The van der Waals surface area contributed by atoms with Gasteiger partial charge in [-0.05, 0) is 139 Å². The Balaban J connectivity index is 0.979. The molecule has 0 amide bonds. The molecule has 4 aromatic heterocycles. The third-order valence-electron chi connectivity index (χ3n) is 14.8. The van der Waals surface area contributed by atoms with Crippen molar-refractivity contribution in [2.45, 2.75) is 13.8 Å². The van der Waals surface area contributed by atoms with Crippen LogP contribution in [0.5, 0.6) is 0 Å². The number of fused-ring (bicyclic) bond motifs is 14. The number of aromatic nitrogens is 1. The quantitative estimate of drug-likeness (QED) is 0.160. The maximum Gasteiger partial charge on any atom is 0.137 e. The van der Waals surface area contributed by atoms with Crippen molar-refractivity contribution in [3.8, 4) is 11.1 Å². The summed E-state index contributed by atoms with van der Waals surface area (Å²) >= 11 is 0. The molecule has 0 aliphatic rings. The highest BCUT2D eigenvalue weighted by Crippen LogP contribution is 2.48. The molecule has 0 saturated carbocycles. The molecule has 15 aromatic rings. The summed E-state index contributed by atoms with van der Waals surface area (Å²) in [7, 11) is 0. The summed E-state index contributed by atoms with van der Waals surface area (Å²) in [4.78, 5) is 4.72. The van der Waals surface area contributed by atoms with E-state index in [1.165, 1.54) is 65.6 Å². The standard InChI is InChI=1S/C66H43N3O2/c1-40-16-22-45(23-17-40)67(49-28-31-54-52-12-6-8-14-61(52)70-63(54)38-49)47-26-20-44-35-57-51-30-27-48(68(46-24-18-41(2)19-25-46)50-29-32-55-53-13-7-9-15-62(53)71-64(55)39-50)37-60(51)69-59-33-21-43(42-10-4-3-5-11-42)34-58(59)65(66(57)69)56(44)36-47/h3-39H,1-2H3. The minimum absolute atomic E-state index is 0.865. The fourth-order valence-corrected chi connectivity index (χ4v) is 11.4. The van der Waals surface area contributed by atoms with Crippen LogP contribution in [0.3, 0.4) is 0 Å². The molecule has 0 radical (unpaired) electrons. The minimum Gasteiger partial charge on any atom is -0.456 e. The lowest BCUT2D eigenvalue weighted by atomic mass is 9.97. The van der Waals surface area contributed by atoms with Gasteiger partial charge in [0.25, 0.3) is 0 Å². The molecule has 0 aliphatic heterocycles. The van der Waals surface area contributed by atoms with E-state index in [2.05, 4.69) is 228 Å². The molecule has 15 rings (SSSR count). The Bertz CT molecular complexity index is 4600. The van der Waals surface area contributed by atoms with Crippen LogP contribution in [0.15, 0.2) is 233 Å². The first-order valence-electron chi connectivity index (χ1n) is 24.3. The molecule has 0 atom stereocenters. The van der Waals surface area contributed by atoms with Gasteiger partial charge in [-0.1, -0.05) is 120 Å². The van der Waals surface area contributed by atoms with Crippen LogP contribution in [-0.2, 0) is 0 Å². The van der Waals surface area contributed by atoms with Crippen molar-refractivity contribution in [3.05, 3.63) is 236 Å². The number of hydrogen-bond acceptors (Lipinski definition) is 4. The molecular weight excluding hydrogens is 867 g/mol. The van der Waals surface area contributed by atoms with E-state index in [4.69, 9.17) is 8.83 Å². The van der Waals surface area contributed by atoms with Gasteiger partial charge in [-0.25, -0.2) is 0 Å². The molecule has 4 heterocycles. The van der Waals surface area contributed by atoms with Crippen LogP contribution in [0.25, 0.3) is 104 Å². The number of nitrogens with zero attached hydrogens (tertiary/aromatic N) is 3. The van der Waals surface area contributed by atoms with Gasteiger partial charge < -0.3 is 23.0 Å². The Labute approximate surface area is 408 Å². The normalized spacial score (nSPS) is 12.1. The fraction of sp³-hybridized carbons (Fsp3) is 0.0303. The number of hydrogen-bond donors (Lipinski definition) is 0. The van der Waals surface area contributed by atoms with Crippen molar-refractivity contribution in [1.29, 1.82) is 0 Å². The van der Waals surface area contributed by atoms with E-state index in [1.807, 2.05) is 24.3 Å². The summed E-state index contributed by atoms with van der Waals surface area (Å²) in [6.45, 7) is 4.28. The summed E-state index contributed by atoms with van der Waals surface area (Å²) in [5.41, 5.74) is 18.2. The van der Waals surface area contributed by atoms with Crippen molar-refractivity contribution in [2.24, 2.45) is 0 Å². The maximum atomic E-state index is 6.48. The molecular formula is C66H43N3O2. The summed E-state index contributed by atoms with van der Waals surface area (Å²) in [6, 6.07) is 81.5. The SMILES string of the molecule is Cc1ccc(N(c2ccc3c(c2)oc2ccccc23)c2ccc3cc4c5ccc(N(c6ccc(C)cc6)c6ccc7c(c6)oc6ccccc67)cc5n5c6ccc(-c7ccccc7)cc6c(c3c2)c45)cc1. The molecule has 334 valence electrons. The van der Waals surface area contributed by atoms with E-state index in [0.29, 0.717) is 0 Å². The third-order valence-corrected chi connectivity index (χ3v) is 14.8. The van der Waals surface area contributed by atoms with Gasteiger partial charge in [-0.3, -0.25) is 0 Å². The number of furan rings is 2. The Morgan fingerprint density at radius 3 is 1.44 bits per heavy atom. The van der Waals surface area contributed by atoms with Crippen LogP contribution in [0.2, 0.25) is 0 Å². The van der Waals surface area contributed by atoms with Gasteiger partial charge in [0.2, 0.25) is 0 Å². The van der Waals surface area contributed by atoms with Crippen LogP contribution >= 0.6 is 0 Å². The fourth-order valence-electron chi connectivity index (χ4n) is 11.4. The van der Waals surface area contributed by atoms with Gasteiger partial charge in [0.05, 0.1) is 16.6 Å².